The molecule has 1 aromatic rings. The van der Waals surface area contributed by atoms with Crippen molar-refractivity contribution in [1.82, 2.24) is 10.6 Å². The van der Waals surface area contributed by atoms with Gasteiger partial charge in [0.2, 0.25) is 0 Å². The minimum Gasteiger partial charge on any atom is -0.662 e. The van der Waals surface area contributed by atoms with Crippen molar-refractivity contribution >= 4 is 37.2 Å². The molecule has 0 saturated carbocycles. The van der Waals surface area contributed by atoms with Gasteiger partial charge in [0.1, 0.15) is 5.75 Å². The van der Waals surface area contributed by atoms with Crippen molar-refractivity contribution in [1.29, 1.82) is 0 Å². The maximum Gasteiger partial charge on any atom is 3.00 e. The summed E-state index contributed by atoms with van der Waals surface area (Å²) in [6.45, 7) is 6.62. The van der Waals surface area contributed by atoms with Crippen LogP contribution in [0.4, 0.5) is 0 Å². The van der Waals surface area contributed by atoms with Gasteiger partial charge in [0.05, 0.1) is 0 Å². The van der Waals surface area contributed by atoms with Crippen molar-refractivity contribution in [3.8, 4) is 5.75 Å². The van der Waals surface area contributed by atoms with Crippen LogP contribution in [-0.4, -0.2) is 44.4 Å². The minimum atomic E-state index is 0. The van der Waals surface area contributed by atoms with E-state index in [4.69, 9.17) is 5.11 Å². The molecule has 4 nitrogen and oxygen atoms in total. The van der Waals surface area contributed by atoms with Crippen LogP contribution in [0.2, 0.25) is 0 Å². The number of hydrogen-bond acceptors (Lipinski definition) is 3. The number of benzene rings is 1. The second-order valence-corrected chi connectivity index (χ2v) is 4.57. The molecule has 0 bridgehead atoms. The molecule has 1 aliphatic rings. The van der Waals surface area contributed by atoms with E-state index in [9.17, 15) is 0 Å². The SMILES string of the molecule is C1C[N-]CCCNCCCNC1.Cl.Cl.Cl.Oc1ccccc1.[CH3-].[CH3-].[Ti+3]. The molecule has 2 rings (SSSR count). The zero-order valence-electron chi connectivity index (χ0n) is 15.4. The first-order valence-electron chi connectivity index (χ1n) is 7.18. The summed E-state index contributed by atoms with van der Waals surface area (Å²) in [5.74, 6) is 0.322. The van der Waals surface area contributed by atoms with Gasteiger partial charge in [-0.2, -0.15) is 0 Å². The zero-order chi connectivity index (χ0) is 13.6. The number of halogens is 3. The second-order valence-electron chi connectivity index (χ2n) is 4.57. The molecule has 1 radical (unpaired) electrons. The van der Waals surface area contributed by atoms with Gasteiger partial charge in [-0.25, -0.2) is 0 Å². The predicted octanol–water partition coefficient (Wildman–Crippen LogP) is 4.28. The van der Waals surface area contributed by atoms with Gasteiger partial charge in [-0.05, 0) is 44.7 Å². The van der Waals surface area contributed by atoms with Crippen LogP contribution in [0.25, 0.3) is 5.32 Å². The quantitative estimate of drug-likeness (QED) is 0.408. The summed E-state index contributed by atoms with van der Waals surface area (Å²) in [6.07, 6.45) is 3.65. The molecule has 0 atom stereocenters. The molecular weight excluding hydrogens is 416 g/mol. The van der Waals surface area contributed by atoms with Crippen LogP contribution in [-0.2, 0) is 21.7 Å². The van der Waals surface area contributed by atoms with Gasteiger partial charge in [0.15, 0.2) is 0 Å². The molecule has 1 aromatic carbocycles. The third kappa shape index (κ3) is 29.5. The summed E-state index contributed by atoms with van der Waals surface area (Å²) in [6, 6.07) is 8.71. The summed E-state index contributed by atoms with van der Waals surface area (Å²) in [5, 5.41) is 19.9. The maximum atomic E-state index is 8.63. The molecule has 0 amide bonds. The number of hydrogen-bond donors (Lipinski definition) is 3. The van der Waals surface area contributed by atoms with Crippen molar-refractivity contribution in [3.05, 3.63) is 50.5 Å². The Bertz CT molecular complexity index is 269. The van der Waals surface area contributed by atoms with Gasteiger partial charge in [0.25, 0.3) is 0 Å². The predicted molar refractivity (Wildman–Crippen MR) is 115 cm³/mol. The van der Waals surface area contributed by atoms with Gasteiger partial charge < -0.3 is 35.9 Å². The normalized spacial score (nSPS) is 13.9. The third-order valence-electron chi connectivity index (χ3n) is 2.80. The summed E-state index contributed by atoms with van der Waals surface area (Å²) >= 11 is 0. The van der Waals surface area contributed by atoms with Gasteiger partial charge in [-0.3, -0.25) is 0 Å². The van der Waals surface area contributed by atoms with Crippen LogP contribution < -0.4 is 10.6 Å². The minimum absolute atomic E-state index is 0. The molecule has 8 heteroatoms. The smallest absolute Gasteiger partial charge is 0.662 e. The van der Waals surface area contributed by atoms with Crippen LogP contribution in [0.3, 0.4) is 0 Å². The molecule has 25 heavy (non-hydrogen) atoms. The Morgan fingerprint density at radius 2 is 1.12 bits per heavy atom. The molecule has 0 spiro atoms. The Morgan fingerprint density at radius 1 is 0.720 bits per heavy atom. The first-order chi connectivity index (χ1) is 9.39. The molecule has 1 fully saturated rings. The van der Waals surface area contributed by atoms with E-state index in [-0.39, 0.29) is 73.8 Å². The fourth-order valence-corrected chi connectivity index (χ4v) is 1.76. The van der Waals surface area contributed by atoms with E-state index in [0.717, 1.165) is 39.3 Å². The number of aromatic hydroxyl groups is 1. The van der Waals surface area contributed by atoms with E-state index in [1.807, 2.05) is 6.07 Å². The molecular formula is C17H35Cl3N3OTi. The average molecular weight is 452 g/mol. The van der Waals surface area contributed by atoms with Crippen molar-refractivity contribution < 1.29 is 26.8 Å². The van der Waals surface area contributed by atoms with E-state index in [0.29, 0.717) is 5.75 Å². The largest absolute Gasteiger partial charge is 3.00 e. The monoisotopic (exact) mass is 450 g/mol. The van der Waals surface area contributed by atoms with Crippen molar-refractivity contribution in [2.45, 2.75) is 19.3 Å². The van der Waals surface area contributed by atoms with Crippen molar-refractivity contribution in [3.63, 3.8) is 0 Å². The number of phenolic OH excluding ortho intramolecular Hbond substituents is 1. The zero-order valence-corrected chi connectivity index (χ0v) is 19.4. The molecule has 1 saturated heterocycles. The molecule has 0 aromatic heterocycles. The maximum absolute atomic E-state index is 8.63. The van der Waals surface area contributed by atoms with Crippen LogP contribution in [0.5, 0.6) is 5.75 Å². The van der Waals surface area contributed by atoms with E-state index < -0.39 is 0 Å². The number of phenols is 1. The Balaban J connectivity index is -0.0000000623. The van der Waals surface area contributed by atoms with E-state index >= 15 is 0 Å². The standard InChI is InChI=1S/C9H20N3.C6H6O.2CH3.3ClH.Ti/c1-4-10-6-2-8-12-9-3-7-11-5-1;7-6-4-2-1-3-5-6;;;;;;/h10-11H,1-9H2;1-5,7H;2*1H3;3*1H;/q-1;;2*-1;;;;+3. The van der Waals surface area contributed by atoms with Gasteiger partial charge >= 0.3 is 21.7 Å². The number of rotatable bonds is 0. The number of nitrogens with zero attached hydrogens (tertiary/aromatic N) is 1. The summed E-state index contributed by atoms with van der Waals surface area (Å²) in [4.78, 5) is 0. The first kappa shape index (κ1) is 40.2. The molecule has 1 aliphatic heterocycles. The van der Waals surface area contributed by atoms with Gasteiger partial charge in [-0.15, -0.1) is 50.3 Å². The third-order valence-corrected chi connectivity index (χ3v) is 2.80. The van der Waals surface area contributed by atoms with Gasteiger partial charge in [0, 0.05) is 0 Å². The second kappa shape index (κ2) is 32.2. The van der Waals surface area contributed by atoms with Crippen molar-refractivity contribution in [2.24, 2.45) is 0 Å². The Morgan fingerprint density at radius 3 is 1.48 bits per heavy atom. The molecule has 0 aliphatic carbocycles. The van der Waals surface area contributed by atoms with E-state index in [1.165, 1.54) is 19.3 Å². The fraction of sp³-hybridized carbons (Fsp3) is 0.529. The first-order valence-corrected chi connectivity index (χ1v) is 7.18. The number of nitrogens with one attached hydrogen (secondary N) is 2. The van der Waals surface area contributed by atoms with Gasteiger partial charge in [-0.1, -0.05) is 31.0 Å². The van der Waals surface area contributed by atoms with E-state index in [2.05, 4.69) is 16.0 Å². The summed E-state index contributed by atoms with van der Waals surface area (Å²) in [5.41, 5.74) is 0. The number of para-hydroxylation sites is 1. The Hall–Kier alpha value is 0.484. The molecule has 3 N–H and O–H groups in total. The Kier molecular flexibility index (Phi) is 51.8. The summed E-state index contributed by atoms with van der Waals surface area (Å²) in [7, 11) is 0. The van der Waals surface area contributed by atoms with E-state index in [1.54, 1.807) is 24.3 Å². The van der Waals surface area contributed by atoms with Crippen LogP contribution in [0, 0.1) is 14.9 Å². The van der Waals surface area contributed by atoms with Crippen LogP contribution in [0.15, 0.2) is 30.3 Å². The summed E-state index contributed by atoms with van der Waals surface area (Å²) < 4.78 is 0. The van der Waals surface area contributed by atoms with Crippen LogP contribution >= 0.6 is 37.2 Å². The topological polar surface area (TPSA) is 58.4 Å². The fourth-order valence-electron chi connectivity index (χ4n) is 1.76. The Labute approximate surface area is 188 Å². The average Bonchev–Trinajstić information content (AvgIpc) is 2.41. The van der Waals surface area contributed by atoms with Crippen LogP contribution in [0.1, 0.15) is 19.3 Å². The molecule has 0 unspecified atom stereocenters. The van der Waals surface area contributed by atoms with Crippen molar-refractivity contribution in [2.75, 3.05) is 39.3 Å². The molecule has 1 heterocycles. The molecule has 149 valence electrons.